The summed E-state index contributed by atoms with van der Waals surface area (Å²) in [5.74, 6) is -0.0738. The Morgan fingerprint density at radius 2 is 1.45 bits per heavy atom. The zero-order valence-electron chi connectivity index (χ0n) is 18.3. The lowest BCUT2D eigenvalue weighted by Crippen LogP contribution is -2.11. The van der Waals surface area contributed by atoms with Gasteiger partial charge in [-0.15, -0.1) is 0 Å². The number of carbonyl (C=O) groups is 3. The van der Waals surface area contributed by atoms with Gasteiger partial charge in [-0.3, -0.25) is 9.59 Å². The predicted molar refractivity (Wildman–Crippen MR) is 123 cm³/mol. The second kappa shape index (κ2) is 12.5. The molecule has 0 aliphatic carbocycles. The summed E-state index contributed by atoms with van der Waals surface area (Å²) < 4.78 is 20.0. The smallest absolute Gasteiger partial charge is 0.504 e. The van der Waals surface area contributed by atoms with Crippen LogP contribution in [0.2, 0.25) is 0 Å². The molecule has 0 atom stereocenters. The number of ketones is 2. The van der Waals surface area contributed by atoms with Crippen molar-refractivity contribution < 1.29 is 38.4 Å². The van der Waals surface area contributed by atoms with Gasteiger partial charge in [-0.05, 0) is 47.5 Å². The first kappa shape index (κ1) is 24.9. The molecule has 0 amide bonds. The molecule has 0 saturated heterocycles. The van der Waals surface area contributed by atoms with Crippen molar-refractivity contribution >= 4 is 29.9 Å². The van der Waals surface area contributed by atoms with E-state index in [-0.39, 0.29) is 47.6 Å². The molecule has 0 bridgehead atoms. The van der Waals surface area contributed by atoms with Gasteiger partial charge in [0.25, 0.3) is 0 Å². The Hall–Kier alpha value is -4.33. The van der Waals surface area contributed by atoms with Crippen LogP contribution in [0.25, 0.3) is 12.2 Å². The Morgan fingerprint density at radius 3 is 2.03 bits per heavy atom. The lowest BCUT2D eigenvalue weighted by molar-refractivity contribution is -0.121. The van der Waals surface area contributed by atoms with Crippen molar-refractivity contribution in [1.29, 1.82) is 0 Å². The molecule has 33 heavy (non-hydrogen) atoms. The first-order chi connectivity index (χ1) is 15.9. The highest BCUT2D eigenvalue weighted by Gasteiger charge is 2.11. The second-order valence-electron chi connectivity index (χ2n) is 6.57. The van der Waals surface area contributed by atoms with Gasteiger partial charge in [0.05, 0.1) is 20.6 Å². The molecule has 0 unspecified atom stereocenters. The maximum absolute atomic E-state index is 12.1. The van der Waals surface area contributed by atoms with Crippen LogP contribution in [0.4, 0.5) is 4.79 Å². The van der Waals surface area contributed by atoms with Crippen LogP contribution in [0.15, 0.2) is 61.2 Å². The number of aromatic hydroxyl groups is 1. The largest absolute Gasteiger partial charge is 0.514 e. The van der Waals surface area contributed by atoms with Crippen LogP contribution in [0.1, 0.15) is 17.5 Å². The van der Waals surface area contributed by atoms with E-state index < -0.39 is 6.16 Å². The third kappa shape index (κ3) is 8.02. The molecule has 2 aromatic carbocycles. The molecule has 8 heteroatoms. The maximum Gasteiger partial charge on any atom is 0.514 e. The molecule has 2 rings (SSSR count). The van der Waals surface area contributed by atoms with Crippen molar-refractivity contribution in [2.45, 2.75) is 6.42 Å². The number of phenols is 1. The lowest BCUT2D eigenvalue weighted by Gasteiger charge is -2.09. The molecule has 2 aromatic rings. The Kier molecular flexibility index (Phi) is 9.45. The summed E-state index contributed by atoms with van der Waals surface area (Å²) in [6.45, 7) is 3.46. The minimum atomic E-state index is -0.899. The minimum Gasteiger partial charge on any atom is -0.504 e. The number of benzene rings is 2. The summed E-state index contributed by atoms with van der Waals surface area (Å²) in [6, 6.07) is 9.32. The van der Waals surface area contributed by atoms with Crippen LogP contribution in [-0.2, 0) is 14.3 Å². The highest BCUT2D eigenvalue weighted by Crippen LogP contribution is 2.29. The molecule has 0 aromatic heterocycles. The van der Waals surface area contributed by atoms with Crippen molar-refractivity contribution in [3.05, 3.63) is 72.3 Å². The molecule has 0 heterocycles. The summed E-state index contributed by atoms with van der Waals surface area (Å²) in [5.41, 5.74) is 1.25. The first-order valence-corrected chi connectivity index (χ1v) is 9.78. The quantitative estimate of drug-likeness (QED) is 0.176. The summed E-state index contributed by atoms with van der Waals surface area (Å²) in [4.78, 5) is 35.8. The SMILES string of the molecule is C=CCOC(=O)Oc1ccc(/C=C/C(=O)CC(=O)/C=C/c2ccc(O)c(OC)c2)cc1OC. The number of rotatable bonds is 11. The number of carbonyl (C=O) groups excluding carboxylic acids is 3. The van der Waals surface area contributed by atoms with Crippen molar-refractivity contribution in [3.63, 3.8) is 0 Å². The number of methoxy groups -OCH3 is 2. The molecule has 0 fully saturated rings. The Morgan fingerprint density at radius 1 is 0.879 bits per heavy atom. The second-order valence-corrected chi connectivity index (χ2v) is 6.57. The highest BCUT2D eigenvalue weighted by atomic mass is 16.7. The van der Waals surface area contributed by atoms with Gasteiger partial charge in [0.2, 0.25) is 0 Å². The fourth-order valence-electron chi connectivity index (χ4n) is 2.58. The standard InChI is InChI=1S/C25H24O8/c1-4-13-32-25(29)33-22-12-8-18(15-24(22)31-3)6-10-20(27)16-19(26)9-5-17-7-11-21(28)23(14-17)30-2/h4-12,14-15,28H,1,13,16H2,2-3H3/b9-5+,10-6+. The number of hydrogen-bond acceptors (Lipinski definition) is 8. The molecule has 1 N–H and O–H groups in total. The average Bonchev–Trinajstić information content (AvgIpc) is 2.81. The van der Waals surface area contributed by atoms with E-state index in [0.717, 1.165) is 0 Å². The predicted octanol–water partition coefficient (Wildman–Crippen LogP) is 4.37. The molecule has 172 valence electrons. The van der Waals surface area contributed by atoms with Gasteiger partial charge >= 0.3 is 6.16 Å². The third-order valence-corrected chi connectivity index (χ3v) is 4.18. The Bertz CT molecular complexity index is 1080. The molecule has 0 spiro atoms. The Labute approximate surface area is 191 Å². The fourth-order valence-corrected chi connectivity index (χ4v) is 2.58. The molecule has 0 radical (unpaired) electrons. The number of hydrogen-bond donors (Lipinski definition) is 1. The van der Waals surface area contributed by atoms with Crippen LogP contribution in [0.3, 0.4) is 0 Å². The molecule has 0 aliphatic rings. The fraction of sp³-hybridized carbons (Fsp3) is 0.160. The van der Waals surface area contributed by atoms with Crippen LogP contribution >= 0.6 is 0 Å². The zero-order valence-corrected chi connectivity index (χ0v) is 18.3. The van der Waals surface area contributed by atoms with Crippen LogP contribution in [-0.4, -0.2) is 43.7 Å². The van der Waals surface area contributed by atoms with E-state index in [0.29, 0.717) is 11.1 Å². The monoisotopic (exact) mass is 452 g/mol. The topological polar surface area (TPSA) is 108 Å². The van der Waals surface area contributed by atoms with E-state index in [1.165, 1.54) is 56.7 Å². The molecular formula is C25H24O8. The van der Waals surface area contributed by atoms with Crippen molar-refractivity contribution in [2.75, 3.05) is 20.8 Å². The van der Waals surface area contributed by atoms with Crippen LogP contribution in [0.5, 0.6) is 23.0 Å². The van der Waals surface area contributed by atoms with Crippen LogP contribution < -0.4 is 14.2 Å². The number of allylic oxidation sites excluding steroid dienone is 2. The summed E-state index contributed by atoms with van der Waals surface area (Å²) in [5, 5.41) is 9.60. The lowest BCUT2D eigenvalue weighted by atomic mass is 10.1. The summed E-state index contributed by atoms with van der Waals surface area (Å²) in [6.07, 6.45) is 5.83. The number of ether oxygens (including phenoxy) is 4. The summed E-state index contributed by atoms with van der Waals surface area (Å²) >= 11 is 0. The van der Waals surface area contributed by atoms with Gasteiger partial charge in [-0.1, -0.05) is 36.9 Å². The van der Waals surface area contributed by atoms with E-state index >= 15 is 0 Å². The number of phenolic OH excluding ortho intramolecular Hbond substituents is 1. The zero-order chi connectivity index (χ0) is 24.2. The van der Waals surface area contributed by atoms with Gasteiger partial charge in [0.15, 0.2) is 34.6 Å². The average molecular weight is 452 g/mol. The van der Waals surface area contributed by atoms with E-state index in [1.807, 2.05) is 0 Å². The van der Waals surface area contributed by atoms with E-state index in [9.17, 15) is 19.5 Å². The maximum atomic E-state index is 12.1. The van der Waals surface area contributed by atoms with Gasteiger partial charge in [-0.25, -0.2) is 4.79 Å². The van der Waals surface area contributed by atoms with Gasteiger partial charge in [-0.2, -0.15) is 0 Å². The van der Waals surface area contributed by atoms with Crippen LogP contribution in [0, 0.1) is 0 Å². The Balaban J connectivity index is 1.96. The first-order valence-electron chi connectivity index (χ1n) is 9.78. The highest BCUT2D eigenvalue weighted by molar-refractivity contribution is 6.10. The van der Waals surface area contributed by atoms with E-state index in [2.05, 4.69) is 6.58 Å². The van der Waals surface area contributed by atoms with Crippen molar-refractivity contribution in [3.8, 4) is 23.0 Å². The van der Waals surface area contributed by atoms with E-state index in [4.69, 9.17) is 18.9 Å². The summed E-state index contributed by atoms with van der Waals surface area (Å²) in [7, 11) is 2.83. The van der Waals surface area contributed by atoms with Gasteiger partial charge in [0, 0.05) is 0 Å². The normalized spacial score (nSPS) is 10.7. The van der Waals surface area contributed by atoms with E-state index in [1.54, 1.807) is 24.3 Å². The minimum absolute atomic E-state index is 0.00913. The van der Waals surface area contributed by atoms with Gasteiger partial charge < -0.3 is 24.1 Å². The van der Waals surface area contributed by atoms with Crippen molar-refractivity contribution in [2.24, 2.45) is 0 Å². The van der Waals surface area contributed by atoms with Gasteiger partial charge in [0.1, 0.15) is 6.61 Å². The molecular weight excluding hydrogens is 428 g/mol. The van der Waals surface area contributed by atoms with Crippen molar-refractivity contribution in [1.82, 2.24) is 0 Å². The molecule has 8 nitrogen and oxygen atoms in total. The molecule has 0 saturated carbocycles. The third-order valence-electron chi connectivity index (χ3n) is 4.18. The molecule has 0 aliphatic heterocycles.